The zero-order chi connectivity index (χ0) is 21.5. The topological polar surface area (TPSA) is 101 Å². The second-order valence-corrected chi connectivity index (χ2v) is 7.70. The molecule has 4 aromatic heterocycles. The third kappa shape index (κ3) is 3.08. The zero-order valence-corrected chi connectivity index (χ0v) is 17.1. The lowest BCUT2D eigenvalue weighted by atomic mass is 10.1. The molecule has 0 bridgehead atoms. The van der Waals surface area contributed by atoms with Crippen molar-refractivity contribution in [2.75, 3.05) is 6.54 Å². The van der Waals surface area contributed by atoms with Crippen LogP contribution in [0.2, 0.25) is 0 Å². The van der Waals surface area contributed by atoms with Crippen LogP contribution < -0.4 is 0 Å². The van der Waals surface area contributed by atoms with E-state index in [0.717, 1.165) is 35.2 Å². The number of imidazole rings is 1. The van der Waals surface area contributed by atoms with Crippen LogP contribution in [0.3, 0.4) is 0 Å². The zero-order valence-electron chi connectivity index (χ0n) is 17.1. The van der Waals surface area contributed by atoms with E-state index in [4.69, 9.17) is 8.83 Å². The lowest BCUT2D eigenvalue weighted by molar-refractivity contribution is 0.0660. The monoisotopic (exact) mass is 425 g/mol. The Morgan fingerprint density at radius 1 is 1.06 bits per heavy atom. The first-order valence-corrected chi connectivity index (χ1v) is 10.5. The Balaban J connectivity index is 1.42. The molecule has 1 aromatic carbocycles. The van der Waals surface area contributed by atoms with Gasteiger partial charge in [-0.25, -0.2) is 9.97 Å². The van der Waals surface area contributed by atoms with E-state index in [0.29, 0.717) is 23.9 Å². The van der Waals surface area contributed by atoms with E-state index in [-0.39, 0.29) is 11.7 Å². The number of hydrogen-bond acceptors (Lipinski definition) is 6. The summed E-state index contributed by atoms with van der Waals surface area (Å²) >= 11 is 0. The van der Waals surface area contributed by atoms with Gasteiger partial charge in [0.05, 0.1) is 18.2 Å². The molecular weight excluding hydrogens is 406 g/mol. The van der Waals surface area contributed by atoms with Crippen molar-refractivity contribution in [2.24, 2.45) is 0 Å². The number of oxazole rings is 1. The highest BCUT2D eigenvalue weighted by molar-refractivity contribution is 5.92. The fraction of sp³-hybridized carbons (Fsp3) is 0.167. The molecule has 0 aliphatic carbocycles. The van der Waals surface area contributed by atoms with Gasteiger partial charge in [0.1, 0.15) is 23.1 Å². The lowest BCUT2D eigenvalue weighted by Gasteiger charge is -2.27. The van der Waals surface area contributed by atoms with E-state index >= 15 is 0 Å². The molecule has 158 valence electrons. The fourth-order valence-electron chi connectivity index (χ4n) is 4.24. The number of carbonyl (C=O) groups excluding carboxylic acids is 1. The molecule has 0 saturated carbocycles. The summed E-state index contributed by atoms with van der Waals surface area (Å²) in [6.07, 6.45) is 6.37. The van der Waals surface area contributed by atoms with Crippen molar-refractivity contribution in [1.29, 1.82) is 0 Å². The van der Waals surface area contributed by atoms with Crippen LogP contribution in [-0.2, 0) is 6.42 Å². The molecular formula is C24H19N5O3. The Kier molecular flexibility index (Phi) is 4.34. The quantitative estimate of drug-likeness (QED) is 0.460. The van der Waals surface area contributed by atoms with Crippen molar-refractivity contribution in [1.82, 2.24) is 24.8 Å². The number of hydrogen-bond donors (Lipinski definition) is 1. The predicted octanol–water partition coefficient (Wildman–Crippen LogP) is 4.38. The van der Waals surface area contributed by atoms with Crippen LogP contribution in [0.25, 0.3) is 22.6 Å². The third-order valence-corrected chi connectivity index (χ3v) is 5.72. The van der Waals surface area contributed by atoms with Crippen molar-refractivity contribution < 1.29 is 13.6 Å². The smallest absolute Gasteiger partial charge is 0.292 e. The number of aromatic nitrogens is 4. The summed E-state index contributed by atoms with van der Waals surface area (Å²) in [6.45, 7) is 0.532. The van der Waals surface area contributed by atoms with E-state index in [9.17, 15) is 4.79 Å². The van der Waals surface area contributed by atoms with Crippen molar-refractivity contribution in [3.05, 3.63) is 90.2 Å². The van der Waals surface area contributed by atoms with Gasteiger partial charge in [-0.15, -0.1) is 0 Å². The largest absolute Gasteiger partial charge is 0.458 e. The number of H-pyrrole nitrogens is 1. The minimum absolute atomic E-state index is 0.158. The second kappa shape index (κ2) is 7.49. The highest BCUT2D eigenvalue weighted by atomic mass is 16.4. The number of fused-ring (bicyclic) bond motifs is 2. The molecule has 0 saturated heterocycles. The number of para-hydroxylation sites is 1. The van der Waals surface area contributed by atoms with Gasteiger partial charge in [0.15, 0.2) is 0 Å². The van der Waals surface area contributed by atoms with Crippen LogP contribution in [0.4, 0.5) is 0 Å². The molecule has 5 aromatic rings. The third-order valence-electron chi connectivity index (χ3n) is 5.72. The first kappa shape index (κ1) is 18.6. The van der Waals surface area contributed by atoms with Crippen LogP contribution in [0.1, 0.15) is 40.2 Å². The fourth-order valence-corrected chi connectivity index (χ4v) is 4.24. The minimum Gasteiger partial charge on any atom is -0.458 e. The molecule has 8 nitrogen and oxygen atoms in total. The van der Waals surface area contributed by atoms with Crippen molar-refractivity contribution in [3.8, 4) is 11.6 Å². The van der Waals surface area contributed by atoms with Gasteiger partial charge in [0.25, 0.3) is 5.91 Å². The lowest BCUT2D eigenvalue weighted by Crippen LogP contribution is -2.35. The Morgan fingerprint density at radius 3 is 2.84 bits per heavy atom. The minimum atomic E-state index is -0.470. The number of aromatic amines is 1. The molecule has 1 amide bonds. The number of aryl methyl sites for hydroxylation is 1. The van der Waals surface area contributed by atoms with E-state index in [1.54, 1.807) is 23.5 Å². The molecule has 1 N–H and O–H groups in total. The summed E-state index contributed by atoms with van der Waals surface area (Å²) in [4.78, 5) is 31.7. The van der Waals surface area contributed by atoms with Gasteiger partial charge in [-0.05, 0) is 37.1 Å². The van der Waals surface area contributed by atoms with Crippen molar-refractivity contribution >= 4 is 16.9 Å². The van der Waals surface area contributed by atoms with Crippen LogP contribution in [0, 0.1) is 0 Å². The SMILES string of the molecule is O=C(c1cnc(-c2ccccn2)o1)N1CCCc2[nH]cnc2[C@@H]1c1cc2ccccc2o1. The Bertz CT molecular complexity index is 1370. The molecule has 1 atom stereocenters. The summed E-state index contributed by atoms with van der Waals surface area (Å²) in [5.41, 5.74) is 3.15. The average Bonchev–Trinajstić information content (AvgIpc) is 3.57. The summed E-state index contributed by atoms with van der Waals surface area (Å²) in [5.74, 6) is 0.871. The molecule has 32 heavy (non-hydrogen) atoms. The normalized spacial score (nSPS) is 16.1. The number of pyridine rings is 1. The highest BCUT2D eigenvalue weighted by Crippen LogP contribution is 2.36. The van der Waals surface area contributed by atoms with Gasteiger partial charge in [0.2, 0.25) is 11.7 Å². The molecule has 1 aliphatic heterocycles. The molecule has 8 heteroatoms. The number of benzene rings is 1. The Morgan fingerprint density at radius 2 is 1.97 bits per heavy atom. The maximum atomic E-state index is 13.6. The van der Waals surface area contributed by atoms with E-state index < -0.39 is 6.04 Å². The number of nitrogens with one attached hydrogen (secondary N) is 1. The first-order chi connectivity index (χ1) is 15.8. The molecule has 5 heterocycles. The van der Waals surface area contributed by atoms with Gasteiger partial charge in [-0.3, -0.25) is 9.78 Å². The van der Waals surface area contributed by atoms with Crippen molar-refractivity contribution in [2.45, 2.75) is 18.9 Å². The molecule has 0 radical (unpaired) electrons. The molecule has 1 aliphatic rings. The number of amides is 1. The molecule has 0 unspecified atom stereocenters. The van der Waals surface area contributed by atoms with Gasteiger partial charge in [0, 0.05) is 23.8 Å². The predicted molar refractivity (Wildman–Crippen MR) is 116 cm³/mol. The number of rotatable bonds is 3. The van der Waals surface area contributed by atoms with Crippen LogP contribution in [-0.4, -0.2) is 37.3 Å². The number of nitrogens with zero attached hydrogens (tertiary/aromatic N) is 4. The highest BCUT2D eigenvalue weighted by Gasteiger charge is 2.36. The Hall–Kier alpha value is -4.20. The molecule has 6 rings (SSSR count). The maximum absolute atomic E-state index is 13.6. The average molecular weight is 425 g/mol. The van der Waals surface area contributed by atoms with Crippen LogP contribution in [0.5, 0.6) is 0 Å². The molecule has 0 spiro atoms. The van der Waals surface area contributed by atoms with E-state index in [1.807, 2.05) is 42.5 Å². The number of furan rings is 1. The van der Waals surface area contributed by atoms with Gasteiger partial charge < -0.3 is 18.7 Å². The maximum Gasteiger partial charge on any atom is 0.292 e. The standard InChI is InChI=1S/C24H19N5O3/c30-24(20-13-26-23(32-20)17-7-3-4-10-25-17)29-11-5-8-16-21(28-14-27-16)22(29)19-12-15-6-1-2-9-18(15)31-19/h1-4,6-7,9-10,12-14,22H,5,8,11H2,(H,27,28)/t22-/m0/s1. The molecule has 0 fully saturated rings. The first-order valence-electron chi connectivity index (χ1n) is 10.5. The van der Waals surface area contributed by atoms with Gasteiger partial charge in [-0.1, -0.05) is 24.3 Å². The van der Waals surface area contributed by atoms with E-state index in [1.165, 1.54) is 6.20 Å². The van der Waals surface area contributed by atoms with Crippen LogP contribution in [0.15, 0.2) is 76.1 Å². The summed E-state index contributed by atoms with van der Waals surface area (Å²) in [7, 11) is 0. The van der Waals surface area contributed by atoms with Gasteiger partial charge in [-0.2, -0.15) is 0 Å². The summed E-state index contributed by atoms with van der Waals surface area (Å²) < 4.78 is 12.0. The van der Waals surface area contributed by atoms with Crippen molar-refractivity contribution in [3.63, 3.8) is 0 Å². The van der Waals surface area contributed by atoms with E-state index in [2.05, 4.69) is 19.9 Å². The Labute approximate surface area is 182 Å². The van der Waals surface area contributed by atoms with Crippen LogP contribution >= 0.6 is 0 Å². The number of carbonyl (C=O) groups is 1. The second-order valence-electron chi connectivity index (χ2n) is 7.70. The van der Waals surface area contributed by atoms with Gasteiger partial charge >= 0.3 is 0 Å². The summed E-state index contributed by atoms with van der Waals surface area (Å²) in [5, 5.41) is 0.980. The summed E-state index contributed by atoms with van der Waals surface area (Å²) in [6, 6.07) is 14.8.